The number of pyridine rings is 1. The second-order valence-corrected chi connectivity index (χ2v) is 5.70. The maximum absolute atomic E-state index is 6.28. The first-order chi connectivity index (χ1) is 10.7. The lowest BCUT2D eigenvalue weighted by molar-refractivity contribution is -0.515. The first-order valence-corrected chi connectivity index (χ1v) is 7.49. The van der Waals surface area contributed by atoms with Gasteiger partial charge in [-0.05, 0) is 23.5 Å². The van der Waals surface area contributed by atoms with Crippen LogP contribution in [0.4, 0.5) is 5.82 Å². The first kappa shape index (κ1) is 13.1. The Morgan fingerprint density at radius 1 is 1.09 bits per heavy atom. The van der Waals surface area contributed by atoms with Gasteiger partial charge >= 0.3 is 5.65 Å². The molecule has 4 nitrogen and oxygen atoms in total. The van der Waals surface area contributed by atoms with E-state index < -0.39 is 0 Å². The Balaban J connectivity index is 1.83. The molecule has 0 saturated carbocycles. The summed E-state index contributed by atoms with van der Waals surface area (Å²) in [6.45, 7) is 2.17. The van der Waals surface area contributed by atoms with Gasteiger partial charge < -0.3 is 9.64 Å². The Kier molecular flexibility index (Phi) is 2.96. The third-order valence-electron chi connectivity index (χ3n) is 4.33. The van der Waals surface area contributed by atoms with Gasteiger partial charge in [-0.2, -0.15) is 4.40 Å². The number of fused-ring (bicyclic) bond motifs is 2. The van der Waals surface area contributed by atoms with Gasteiger partial charge in [0.25, 0.3) is 5.82 Å². The predicted octanol–water partition coefficient (Wildman–Crippen LogP) is 2.78. The van der Waals surface area contributed by atoms with Crippen LogP contribution >= 0.6 is 0 Å². The minimum atomic E-state index is 0.00209. The van der Waals surface area contributed by atoms with Gasteiger partial charge in [-0.1, -0.05) is 36.4 Å². The Hall–Kier alpha value is -2.62. The number of rotatable bonds is 1. The number of aromatic nitrogens is 2. The van der Waals surface area contributed by atoms with Crippen LogP contribution < -0.4 is 14.0 Å². The third kappa shape index (κ3) is 1.99. The molecule has 3 heterocycles. The Labute approximate surface area is 129 Å². The van der Waals surface area contributed by atoms with Crippen LogP contribution in [-0.4, -0.2) is 18.1 Å². The zero-order chi connectivity index (χ0) is 15.1. The van der Waals surface area contributed by atoms with E-state index in [9.17, 15) is 0 Å². The molecule has 2 atom stereocenters. The molecular weight excluding hydrogens is 274 g/mol. The van der Waals surface area contributed by atoms with E-state index in [4.69, 9.17) is 9.72 Å². The van der Waals surface area contributed by atoms with Crippen molar-refractivity contribution in [2.45, 2.75) is 19.1 Å². The van der Waals surface area contributed by atoms with E-state index in [0.717, 1.165) is 17.2 Å². The first-order valence-electron chi connectivity index (χ1n) is 7.49. The van der Waals surface area contributed by atoms with E-state index in [1.165, 1.54) is 5.56 Å². The van der Waals surface area contributed by atoms with E-state index in [2.05, 4.69) is 31.0 Å². The largest absolute Gasteiger partial charge is 0.474 e. The van der Waals surface area contributed by atoms with Crippen molar-refractivity contribution in [2.24, 2.45) is 0 Å². The molecule has 2 unspecified atom stereocenters. The van der Waals surface area contributed by atoms with Crippen molar-refractivity contribution in [3.63, 3.8) is 0 Å². The lowest BCUT2D eigenvalue weighted by atomic mass is 10.0. The average molecular weight is 292 g/mol. The predicted molar refractivity (Wildman–Crippen MR) is 85.1 cm³/mol. The van der Waals surface area contributed by atoms with Gasteiger partial charge in [-0.15, -0.1) is 0 Å². The van der Waals surface area contributed by atoms with Crippen molar-refractivity contribution in [2.75, 3.05) is 11.9 Å². The fraction of sp³-hybridized carbons (Fsp3) is 0.222. The van der Waals surface area contributed by atoms with Gasteiger partial charge in [0.05, 0.1) is 12.2 Å². The molecule has 4 heteroatoms. The molecule has 0 spiro atoms. The molecule has 3 aromatic rings. The normalized spacial score (nSPS) is 20.5. The van der Waals surface area contributed by atoms with Crippen LogP contribution in [0.1, 0.15) is 18.6 Å². The molecule has 0 radical (unpaired) electrons. The van der Waals surface area contributed by atoms with Crippen LogP contribution in [0, 0.1) is 0 Å². The second-order valence-electron chi connectivity index (χ2n) is 5.70. The topological polar surface area (TPSA) is 29.5 Å². The molecule has 1 aromatic carbocycles. The number of benzene rings is 1. The molecular formula is C18H18N3O+. The van der Waals surface area contributed by atoms with Gasteiger partial charge in [0.15, 0.2) is 0 Å². The van der Waals surface area contributed by atoms with Crippen molar-refractivity contribution >= 4 is 11.5 Å². The van der Waals surface area contributed by atoms with Gasteiger partial charge in [0.2, 0.25) is 5.75 Å². The number of nitrogens with zero attached hydrogens (tertiary/aromatic N) is 3. The number of hydrogen-bond acceptors (Lipinski definition) is 3. The average Bonchev–Trinajstić information content (AvgIpc) is 2.57. The zero-order valence-electron chi connectivity index (χ0n) is 12.7. The van der Waals surface area contributed by atoms with Crippen molar-refractivity contribution < 1.29 is 9.14 Å². The summed E-state index contributed by atoms with van der Waals surface area (Å²) in [5.41, 5.74) is 2.10. The van der Waals surface area contributed by atoms with Crippen molar-refractivity contribution in [3.05, 3.63) is 66.5 Å². The molecule has 0 N–H and O–H groups in total. The number of ether oxygens (including phenoxy) is 1. The summed E-state index contributed by atoms with van der Waals surface area (Å²) in [6.07, 6.45) is 4.00. The highest BCUT2D eigenvalue weighted by Gasteiger charge is 2.36. The summed E-state index contributed by atoms with van der Waals surface area (Å²) >= 11 is 0. The molecule has 4 rings (SSSR count). The third-order valence-corrected chi connectivity index (χ3v) is 4.33. The lowest BCUT2D eigenvalue weighted by Gasteiger charge is -2.36. The Bertz CT molecular complexity index is 819. The summed E-state index contributed by atoms with van der Waals surface area (Å²) in [5.74, 6) is 1.71. The number of anilines is 1. The number of hydrogen-bond donors (Lipinski definition) is 0. The minimum Gasteiger partial charge on any atom is -0.474 e. The van der Waals surface area contributed by atoms with Gasteiger partial charge in [-0.3, -0.25) is 0 Å². The summed E-state index contributed by atoms with van der Waals surface area (Å²) in [7, 11) is 2.08. The van der Waals surface area contributed by atoms with Crippen molar-refractivity contribution in [3.8, 4) is 5.75 Å². The van der Waals surface area contributed by atoms with E-state index in [1.54, 1.807) is 0 Å². The second kappa shape index (κ2) is 4.98. The van der Waals surface area contributed by atoms with Crippen LogP contribution in [0.3, 0.4) is 0 Å². The highest BCUT2D eigenvalue weighted by Crippen LogP contribution is 2.38. The fourth-order valence-electron chi connectivity index (χ4n) is 2.95. The van der Waals surface area contributed by atoms with E-state index in [-0.39, 0.29) is 12.1 Å². The van der Waals surface area contributed by atoms with E-state index >= 15 is 0 Å². The quantitative estimate of drug-likeness (QED) is 0.646. The summed E-state index contributed by atoms with van der Waals surface area (Å²) in [6, 6.07) is 16.6. The van der Waals surface area contributed by atoms with Crippen LogP contribution in [0.15, 0.2) is 60.9 Å². The monoisotopic (exact) mass is 292 g/mol. The smallest absolute Gasteiger partial charge is 0.330 e. The van der Waals surface area contributed by atoms with Crippen molar-refractivity contribution in [1.82, 2.24) is 4.98 Å². The van der Waals surface area contributed by atoms with Crippen molar-refractivity contribution in [1.29, 1.82) is 0 Å². The molecule has 1 aliphatic heterocycles. The van der Waals surface area contributed by atoms with Gasteiger partial charge in [-0.25, -0.2) is 0 Å². The molecule has 1 aliphatic rings. The van der Waals surface area contributed by atoms with Gasteiger partial charge in [0, 0.05) is 13.1 Å². The molecule has 2 aromatic heterocycles. The van der Waals surface area contributed by atoms with Gasteiger partial charge in [0.1, 0.15) is 12.3 Å². The zero-order valence-corrected chi connectivity index (χ0v) is 12.7. The summed E-state index contributed by atoms with van der Waals surface area (Å²) in [4.78, 5) is 6.94. The lowest BCUT2D eigenvalue weighted by Crippen LogP contribution is -2.42. The standard InChI is InChI=1S/C18H18N3O/c1-13-17(14-8-4-3-5-9-14)22-15-12-21-11-7-6-10-16(21)19-18(15)20(13)2/h3-13,17H,1-2H3/q+1. The number of likely N-dealkylation sites (N-methyl/N-ethyl adjacent to an activating group) is 1. The van der Waals surface area contributed by atoms with Crippen LogP contribution in [0.5, 0.6) is 5.75 Å². The molecule has 0 amide bonds. The molecule has 0 bridgehead atoms. The molecule has 0 saturated heterocycles. The molecule has 0 aliphatic carbocycles. The Morgan fingerprint density at radius 3 is 2.68 bits per heavy atom. The maximum atomic E-state index is 6.28. The van der Waals surface area contributed by atoms with Crippen LogP contribution in [0.2, 0.25) is 0 Å². The molecule has 22 heavy (non-hydrogen) atoms. The molecule has 0 fully saturated rings. The highest BCUT2D eigenvalue weighted by molar-refractivity contribution is 5.56. The minimum absolute atomic E-state index is 0.00209. The highest BCUT2D eigenvalue weighted by atomic mass is 16.5. The summed E-state index contributed by atoms with van der Waals surface area (Å²) < 4.78 is 8.27. The molecule has 110 valence electrons. The van der Waals surface area contributed by atoms with Crippen LogP contribution in [0.25, 0.3) is 5.65 Å². The SMILES string of the molecule is CC1C(c2ccccc2)Oc2c[n+]3ccccc3nc2N1C. The fourth-order valence-corrected chi connectivity index (χ4v) is 2.95. The maximum Gasteiger partial charge on any atom is 0.330 e. The van der Waals surface area contributed by atoms with E-state index in [1.807, 2.05) is 53.2 Å². The Morgan fingerprint density at radius 2 is 1.86 bits per heavy atom. The van der Waals surface area contributed by atoms with Crippen LogP contribution in [-0.2, 0) is 0 Å². The van der Waals surface area contributed by atoms with E-state index in [0.29, 0.717) is 0 Å². The summed E-state index contributed by atoms with van der Waals surface area (Å²) in [5, 5.41) is 0.